The zero-order valence-corrected chi connectivity index (χ0v) is 13.2. The average molecular weight is 326 g/mol. The second-order valence-corrected chi connectivity index (χ2v) is 5.39. The molecule has 6 nitrogen and oxygen atoms in total. The zero-order valence-electron chi connectivity index (χ0n) is 13.2. The second-order valence-electron chi connectivity index (χ2n) is 5.39. The maximum atomic E-state index is 12.1. The maximum absolute atomic E-state index is 12.1. The highest BCUT2D eigenvalue weighted by molar-refractivity contribution is 6.04. The second kappa shape index (κ2) is 7.04. The molecule has 0 spiro atoms. The van der Waals surface area contributed by atoms with Gasteiger partial charge in [-0.2, -0.15) is 0 Å². The molecular weight excluding hydrogens is 308 g/mol. The summed E-state index contributed by atoms with van der Waals surface area (Å²) in [7, 11) is 0. The van der Waals surface area contributed by atoms with Crippen LogP contribution in [0.5, 0.6) is 11.5 Å². The minimum atomic E-state index is -0.553. The van der Waals surface area contributed by atoms with E-state index in [4.69, 9.17) is 9.47 Å². The molecule has 0 bridgehead atoms. The molecule has 2 N–H and O–H groups in total. The van der Waals surface area contributed by atoms with Crippen molar-refractivity contribution in [3.8, 4) is 11.5 Å². The molecule has 0 saturated heterocycles. The normalized spacial score (nSPS) is 15.7. The fourth-order valence-corrected chi connectivity index (χ4v) is 2.32. The van der Waals surface area contributed by atoms with Gasteiger partial charge in [0.15, 0.2) is 6.10 Å². The molecule has 124 valence electrons. The minimum absolute atomic E-state index is 0.198. The monoisotopic (exact) mass is 326 g/mol. The minimum Gasteiger partial charge on any atom is -0.493 e. The van der Waals surface area contributed by atoms with E-state index in [1.54, 1.807) is 25.1 Å². The molecule has 0 aliphatic carbocycles. The molecule has 0 fully saturated rings. The Bertz CT molecular complexity index is 746. The van der Waals surface area contributed by atoms with Crippen molar-refractivity contribution in [2.24, 2.45) is 0 Å². The van der Waals surface area contributed by atoms with Gasteiger partial charge in [0.2, 0.25) is 5.91 Å². The first-order valence-electron chi connectivity index (χ1n) is 7.72. The third-order valence-electron chi connectivity index (χ3n) is 3.56. The molecule has 2 amide bonds. The number of benzene rings is 2. The van der Waals surface area contributed by atoms with Crippen LogP contribution in [-0.4, -0.2) is 24.5 Å². The topological polar surface area (TPSA) is 76.7 Å². The van der Waals surface area contributed by atoms with Crippen LogP contribution in [0, 0.1) is 0 Å². The quantitative estimate of drug-likeness (QED) is 0.886. The van der Waals surface area contributed by atoms with E-state index in [9.17, 15) is 9.59 Å². The van der Waals surface area contributed by atoms with E-state index in [0.29, 0.717) is 17.1 Å². The van der Waals surface area contributed by atoms with Gasteiger partial charge >= 0.3 is 0 Å². The van der Waals surface area contributed by atoms with Gasteiger partial charge in [-0.3, -0.25) is 9.59 Å². The molecule has 1 atom stereocenters. The van der Waals surface area contributed by atoms with Crippen LogP contribution >= 0.6 is 0 Å². The third-order valence-corrected chi connectivity index (χ3v) is 3.56. The predicted molar refractivity (Wildman–Crippen MR) is 90.3 cm³/mol. The Morgan fingerprint density at radius 1 is 1.21 bits per heavy atom. The first-order valence-corrected chi connectivity index (χ1v) is 7.72. The molecule has 0 aromatic heterocycles. The molecular formula is C18H18N2O4. The van der Waals surface area contributed by atoms with Crippen LogP contribution < -0.4 is 20.1 Å². The van der Waals surface area contributed by atoms with Gasteiger partial charge in [-0.15, -0.1) is 0 Å². The molecule has 0 saturated carbocycles. The van der Waals surface area contributed by atoms with Crippen LogP contribution in [0.25, 0.3) is 0 Å². The molecule has 2 aromatic rings. The smallest absolute Gasteiger partial charge is 0.265 e. The van der Waals surface area contributed by atoms with Crippen molar-refractivity contribution in [2.45, 2.75) is 19.4 Å². The number of ether oxygens (including phenoxy) is 2. The lowest BCUT2D eigenvalue weighted by Gasteiger charge is -2.25. The number of para-hydroxylation sites is 2. The first kappa shape index (κ1) is 15.9. The van der Waals surface area contributed by atoms with Gasteiger partial charge in [0.05, 0.1) is 18.7 Å². The largest absolute Gasteiger partial charge is 0.493 e. The van der Waals surface area contributed by atoms with Crippen LogP contribution in [0.2, 0.25) is 0 Å². The van der Waals surface area contributed by atoms with Crippen molar-refractivity contribution in [2.75, 3.05) is 17.2 Å². The number of rotatable bonds is 5. The number of fused-ring (bicyclic) bond motifs is 1. The number of anilines is 2. The van der Waals surface area contributed by atoms with Gasteiger partial charge in [-0.25, -0.2) is 0 Å². The number of nitrogens with one attached hydrogen (secondary N) is 2. The summed E-state index contributed by atoms with van der Waals surface area (Å²) in [5.41, 5.74) is 0.996. The van der Waals surface area contributed by atoms with Crippen molar-refractivity contribution < 1.29 is 19.1 Å². The van der Waals surface area contributed by atoms with Gasteiger partial charge < -0.3 is 20.1 Å². The maximum Gasteiger partial charge on any atom is 0.265 e. The van der Waals surface area contributed by atoms with Gasteiger partial charge in [-0.05, 0) is 31.2 Å². The van der Waals surface area contributed by atoms with E-state index in [1.165, 1.54) is 0 Å². The van der Waals surface area contributed by atoms with E-state index in [0.717, 1.165) is 5.75 Å². The molecule has 1 heterocycles. The van der Waals surface area contributed by atoms with E-state index in [2.05, 4.69) is 10.6 Å². The van der Waals surface area contributed by atoms with Crippen molar-refractivity contribution in [3.05, 3.63) is 48.5 Å². The fraction of sp³-hybridized carbons (Fsp3) is 0.222. The Morgan fingerprint density at radius 3 is 2.79 bits per heavy atom. The van der Waals surface area contributed by atoms with Crippen molar-refractivity contribution in [3.63, 3.8) is 0 Å². The van der Waals surface area contributed by atoms with Gasteiger partial charge in [0, 0.05) is 0 Å². The first-order chi connectivity index (χ1) is 11.6. The molecule has 0 radical (unpaired) electrons. The fourth-order valence-electron chi connectivity index (χ4n) is 2.32. The van der Waals surface area contributed by atoms with E-state index >= 15 is 0 Å². The summed E-state index contributed by atoms with van der Waals surface area (Å²) in [4.78, 5) is 23.8. The summed E-state index contributed by atoms with van der Waals surface area (Å²) in [6, 6.07) is 14.5. The van der Waals surface area contributed by atoms with Crippen LogP contribution in [0.3, 0.4) is 0 Å². The zero-order chi connectivity index (χ0) is 16.9. The molecule has 3 rings (SSSR count). The number of carbonyl (C=O) groups excluding carboxylic acids is 2. The highest BCUT2D eigenvalue weighted by Gasteiger charge is 2.25. The van der Waals surface area contributed by atoms with Crippen molar-refractivity contribution >= 4 is 23.2 Å². The number of carbonyl (C=O) groups is 2. The predicted octanol–water partition coefficient (Wildman–Crippen LogP) is 2.81. The van der Waals surface area contributed by atoms with Gasteiger partial charge in [0.1, 0.15) is 17.2 Å². The summed E-state index contributed by atoms with van der Waals surface area (Å²) in [6.45, 7) is 1.94. The van der Waals surface area contributed by atoms with E-state index < -0.39 is 6.10 Å². The van der Waals surface area contributed by atoms with Crippen LogP contribution in [0.1, 0.15) is 13.3 Å². The molecule has 1 aliphatic rings. The van der Waals surface area contributed by atoms with Crippen LogP contribution in [0.4, 0.5) is 11.4 Å². The molecule has 1 unspecified atom stereocenters. The average Bonchev–Trinajstić information content (AvgIpc) is 2.58. The van der Waals surface area contributed by atoms with Gasteiger partial charge in [0.25, 0.3) is 5.91 Å². The Labute approximate surface area is 139 Å². The summed E-state index contributed by atoms with van der Waals surface area (Å²) in [5.74, 6) is 0.821. The highest BCUT2D eigenvalue weighted by atomic mass is 16.5. The van der Waals surface area contributed by atoms with Crippen LogP contribution in [-0.2, 0) is 9.59 Å². The number of hydrogen-bond acceptors (Lipinski definition) is 4. The summed E-state index contributed by atoms with van der Waals surface area (Å²) >= 11 is 0. The van der Waals surface area contributed by atoms with Gasteiger partial charge in [-0.1, -0.05) is 24.3 Å². The Balaban J connectivity index is 1.59. The molecule has 6 heteroatoms. The van der Waals surface area contributed by atoms with E-state index in [-0.39, 0.29) is 24.8 Å². The summed E-state index contributed by atoms with van der Waals surface area (Å²) in [5, 5.41) is 5.53. The summed E-state index contributed by atoms with van der Waals surface area (Å²) < 4.78 is 11.0. The lowest BCUT2D eigenvalue weighted by Crippen LogP contribution is -2.35. The number of amides is 2. The Kier molecular flexibility index (Phi) is 4.65. The lowest BCUT2D eigenvalue weighted by atomic mass is 10.2. The van der Waals surface area contributed by atoms with Crippen LogP contribution in [0.15, 0.2) is 48.5 Å². The molecule has 2 aromatic carbocycles. The molecule has 1 aliphatic heterocycles. The third kappa shape index (κ3) is 3.65. The standard InChI is InChI=1S/C18H18N2O4/c1-12-18(22)20-17-14(8-5-9-15(17)24-12)19-16(21)10-11-23-13-6-3-2-4-7-13/h2-9,12H,10-11H2,1H3,(H,19,21)(H,20,22). The van der Waals surface area contributed by atoms with Crippen molar-refractivity contribution in [1.82, 2.24) is 0 Å². The SMILES string of the molecule is CC1Oc2cccc(NC(=O)CCOc3ccccc3)c2NC1=O. The lowest BCUT2D eigenvalue weighted by molar-refractivity contribution is -0.122. The van der Waals surface area contributed by atoms with Crippen molar-refractivity contribution in [1.29, 1.82) is 0 Å². The molecule has 24 heavy (non-hydrogen) atoms. The highest BCUT2D eigenvalue weighted by Crippen LogP contribution is 2.36. The summed E-state index contributed by atoms with van der Waals surface area (Å²) in [6.07, 6.45) is -0.355. The Morgan fingerprint density at radius 2 is 2.00 bits per heavy atom. The Hall–Kier alpha value is -3.02. The number of hydrogen-bond donors (Lipinski definition) is 2. The van der Waals surface area contributed by atoms with E-state index in [1.807, 2.05) is 30.3 Å².